The van der Waals surface area contributed by atoms with Gasteiger partial charge in [-0.05, 0) is 24.1 Å². The van der Waals surface area contributed by atoms with Gasteiger partial charge in [0.1, 0.15) is 5.76 Å². The molecule has 0 amide bonds. The highest BCUT2D eigenvalue weighted by Crippen LogP contribution is 2.19. The van der Waals surface area contributed by atoms with Gasteiger partial charge in [-0.15, -0.1) is 0 Å². The molecular formula is C10H15N3O. The fourth-order valence-corrected chi connectivity index (χ4v) is 1.23. The van der Waals surface area contributed by atoms with Crippen molar-refractivity contribution in [2.75, 3.05) is 14.2 Å². The van der Waals surface area contributed by atoms with Crippen molar-refractivity contribution >= 4 is 6.72 Å². The van der Waals surface area contributed by atoms with E-state index in [-0.39, 0.29) is 0 Å². The molecule has 1 aliphatic carbocycles. The van der Waals surface area contributed by atoms with Crippen LogP contribution in [0.15, 0.2) is 40.5 Å². The Hall–Kier alpha value is -1.71. The zero-order valence-electron chi connectivity index (χ0n) is 8.53. The first-order valence-corrected chi connectivity index (χ1v) is 4.29. The van der Waals surface area contributed by atoms with Crippen LogP contribution in [0.2, 0.25) is 0 Å². The van der Waals surface area contributed by atoms with Crippen LogP contribution in [0.1, 0.15) is 6.42 Å². The number of hydrogen-bond acceptors (Lipinski definition) is 4. The van der Waals surface area contributed by atoms with Crippen LogP contribution in [0.25, 0.3) is 0 Å². The molecule has 0 spiro atoms. The molecule has 0 radical (unpaired) electrons. The van der Waals surface area contributed by atoms with Crippen molar-refractivity contribution in [3.05, 3.63) is 35.4 Å². The van der Waals surface area contributed by atoms with Gasteiger partial charge in [0.2, 0.25) is 0 Å². The van der Waals surface area contributed by atoms with Crippen LogP contribution in [-0.2, 0) is 4.74 Å². The van der Waals surface area contributed by atoms with Crippen molar-refractivity contribution < 1.29 is 4.74 Å². The molecule has 76 valence electrons. The molecule has 0 saturated heterocycles. The Morgan fingerprint density at radius 2 is 2.43 bits per heavy atom. The number of rotatable bonds is 3. The summed E-state index contributed by atoms with van der Waals surface area (Å²) >= 11 is 0. The molecule has 14 heavy (non-hydrogen) atoms. The molecule has 0 bridgehead atoms. The predicted molar refractivity (Wildman–Crippen MR) is 57.4 cm³/mol. The maximum absolute atomic E-state index is 5.76. The molecule has 0 fully saturated rings. The molecule has 0 aromatic heterocycles. The van der Waals surface area contributed by atoms with Crippen molar-refractivity contribution in [3.63, 3.8) is 0 Å². The van der Waals surface area contributed by atoms with Gasteiger partial charge in [-0.25, -0.2) is 0 Å². The molecule has 0 aromatic carbocycles. The maximum Gasteiger partial charge on any atom is 0.138 e. The Balaban J connectivity index is 2.78. The Labute approximate surface area is 84.0 Å². The van der Waals surface area contributed by atoms with E-state index >= 15 is 0 Å². The number of nitrogens with zero attached hydrogens (tertiary/aromatic N) is 2. The monoisotopic (exact) mass is 193 g/mol. The normalized spacial score (nSPS) is 18.6. The lowest BCUT2D eigenvalue weighted by molar-refractivity contribution is 0.297. The summed E-state index contributed by atoms with van der Waals surface area (Å²) in [6.45, 7) is 3.42. The summed E-state index contributed by atoms with van der Waals surface area (Å²) in [5.41, 5.74) is 7.48. The van der Waals surface area contributed by atoms with E-state index in [0.717, 1.165) is 17.8 Å². The van der Waals surface area contributed by atoms with Gasteiger partial charge in [0.25, 0.3) is 0 Å². The molecule has 4 heteroatoms. The van der Waals surface area contributed by atoms with Crippen molar-refractivity contribution in [2.24, 2.45) is 10.8 Å². The molecule has 0 heterocycles. The lowest BCUT2D eigenvalue weighted by atomic mass is 10.1. The number of hydrogen-bond donors (Lipinski definition) is 1. The number of methoxy groups -OCH3 is 1. The average molecular weight is 193 g/mol. The zero-order valence-corrected chi connectivity index (χ0v) is 8.53. The molecule has 0 aromatic rings. The van der Waals surface area contributed by atoms with Gasteiger partial charge >= 0.3 is 0 Å². The van der Waals surface area contributed by atoms with Gasteiger partial charge < -0.3 is 10.5 Å². The van der Waals surface area contributed by atoms with Gasteiger partial charge in [0.15, 0.2) is 0 Å². The largest absolute Gasteiger partial charge is 0.495 e. The molecule has 0 unspecified atom stereocenters. The maximum atomic E-state index is 5.76. The summed E-state index contributed by atoms with van der Waals surface area (Å²) in [6.07, 6.45) is 6.49. The highest BCUT2D eigenvalue weighted by atomic mass is 16.5. The number of hydrazone groups is 1. The summed E-state index contributed by atoms with van der Waals surface area (Å²) in [4.78, 5) is 0. The van der Waals surface area contributed by atoms with E-state index in [1.807, 2.05) is 25.4 Å². The van der Waals surface area contributed by atoms with Crippen molar-refractivity contribution in [2.45, 2.75) is 6.42 Å². The van der Waals surface area contributed by atoms with E-state index in [4.69, 9.17) is 10.5 Å². The predicted octanol–water partition coefficient (Wildman–Crippen LogP) is 1.19. The minimum atomic E-state index is 0.641. The average Bonchev–Trinajstić information content (AvgIpc) is 2.18. The number of allylic oxidation sites excluding steroid dienone is 3. The van der Waals surface area contributed by atoms with Gasteiger partial charge in [0.05, 0.1) is 12.8 Å². The molecule has 0 aliphatic heterocycles. The van der Waals surface area contributed by atoms with Crippen molar-refractivity contribution in [3.8, 4) is 0 Å². The standard InChI is InChI=1S/C10H15N3O/c1-12-13(2)7-8-4-5-10(14-3)9(11)6-8/h5-7H,1,4,11H2,2-3H3/b8-7+. The number of nitrogens with two attached hydrogens (primary N) is 1. The molecule has 1 aliphatic rings. The first-order valence-electron chi connectivity index (χ1n) is 4.29. The van der Waals surface area contributed by atoms with Crippen LogP contribution in [-0.4, -0.2) is 25.9 Å². The summed E-state index contributed by atoms with van der Waals surface area (Å²) in [5.74, 6) is 0.733. The lowest BCUT2D eigenvalue weighted by Gasteiger charge is -2.14. The third kappa shape index (κ3) is 2.39. The summed E-state index contributed by atoms with van der Waals surface area (Å²) in [6, 6.07) is 0. The second-order valence-electron chi connectivity index (χ2n) is 3.00. The van der Waals surface area contributed by atoms with E-state index in [2.05, 4.69) is 11.8 Å². The molecule has 0 saturated carbocycles. The van der Waals surface area contributed by atoms with Crippen LogP contribution < -0.4 is 5.73 Å². The summed E-state index contributed by atoms with van der Waals surface area (Å²) in [7, 11) is 3.43. The molecular weight excluding hydrogens is 178 g/mol. The minimum Gasteiger partial charge on any atom is -0.495 e. The van der Waals surface area contributed by atoms with E-state index in [9.17, 15) is 0 Å². The third-order valence-electron chi connectivity index (χ3n) is 1.94. The van der Waals surface area contributed by atoms with Crippen LogP contribution in [0.4, 0.5) is 0 Å². The number of ether oxygens (including phenoxy) is 1. The molecule has 1 rings (SSSR count). The Bertz CT molecular complexity index is 315. The Morgan fingerprint density at radius 3 is 2.93 bits per heavy atom. The zero-order chi connectivity index (χ0) is 10.6. The smallest absolute Gasteiger partial charge is 0.138 e. The fraction of sp³-hybridized carbons (Fsp3) is 0.300. The summed E-state index contributed by atoms with van der Waals surface area (Å²) in [5, 5.41) is 5.38. The van der Waals surface area contributed by atoms with Crippen LogP contribution in [0.3, 0.4) is 0 Å². The second-order valence-corrected chi connectivity index (χ2v) is 3.00. The topological polar surface area (TPSA) is 50.8 Å². The second kappa shape index (κ2) is 4.50. The minimum absolute atomic E-state index is 0.641. The van der Waals surface area contributed by atoms with Gasteiger partial charge in [-0.1, -0.05) is 0 Å². The van der Waals surface area contributed by atoms with E-state index in [0.29, 0.717) is 5.70 Å². The van der Waals surface area contributed by atoms with Crippen LogP contribution in [0.5, 0.6) is 0 Å². The molecule has 0 atom stereocenters. The molecule has 4 nitrogen and oxygen atoms in total. The highest BCUT2D eigenvalue weighted by Gasteiger charge is 2.08. The van der Waals surface area contributed by atoms with Gasteiger partial charge in [0, 0.05) is 20.0 Å². The third-order valence-corrected chi connectivity index (χ3v) is 1.94. The fourth-order valence-electron chi connectivity index (χ4n) is 1.23. The van der Waals surface area contributed by atoms with E-state index < -0.39 is 0 Å². The first kappa shape index (κ1) is 10.4. The SMILES string of the molecule is C=NN(C)/C=C1/C=C(N)C(OC)=CC1. The van der Waals surface area contributed by atoms with E-state index in [1.165, 1.54) is 0 Å². The Morgan fingerprint density at radius 1 is 1.71 bits per heavy atom. The Kier molecular flexibility index (Phi) is 3.34. The van der Waals surface area contributed by atoms with Gasteiger partial charge in [-0.3, -0.25) is 5.01 Å². The summed E-state index contributed by atoms with van der Waals surface area (Å²) < 4.78 is 5.07. The first-order chi connectivity index (χ1) is 6.67. The van der Waals surface area contributed by atoms with Crippen molar-refractivity contribution in [1.82, 2.24) is 5.01 Å². The van der Waals surface area contributed by atoms with Crippen molar-refractivity contribution in [1.29, 1.82) is 0 Å². The lowest BCUT2D eigenvalue weighted by Crippen LogP contribution is -2.09. The van der Waals surface area contributed by atoms with Crippen LogP contribution in [0, 0.1) is 0 Å². The molecule has 2 N–H and O–H groups in total. The van der Waals surface area contributed by atoms with E-state index in [1.54, 1.807) is 12.1 Å². The quantitative estimate of drug-likeness (QED) is 0.541. The van der Waals surface area contributed by atoms with Crippen LogP contribution >= 0.6 is 0 Å². The van der Waals surface area contributed by atoms with Gasteiger partial charge in [-0.2, -0.15) is 5.10 Å². The highest BCUT2D eigenvalue weighted by molar-refractivity contribution is 5.38.